The molecule has 0 N–H and O–H groups in total. The molecular formula is C22H21NO5. The van der Waals surface area contributed by atoms with Gasteiger partial charge in [-0.15, -0.1) is 0 Å². The molecule has 0 aliphatic carbocycles. The van der Waals surface area contributed by atoms with E-state index in [1.165, 1.54) is 0 Å². The van der Waals surface area contributed by atoms with E-state index in [0.717, 1.165) is 4.90 Å². The lowest BCUT2D eigenvalue weighted by Crippen LogP contribution is -2.49. The number of ketones is 1. The Kier molecular flexibility index (Phi) is 5.68. The van der Waals surface area contributed by atoms with Crippen LogP contribution in [0.2, 0.25) is 0 Å². The van der Waals surface area contributed by atoms with Crippen LogP contribution in [0.1, 0.15) is 51.3 Å². The third-order valence-electron chi connectivity index (χ3n) is 4.97. The highest BCUT2D eigenvalue weighted by molar-refractivity contribution is 6.22. The summed E-state index contributed by atoms with van der Waals surface area (Å²) < 4.78 is 5.22. The van der Waals surface area contributed by atoms with Crippen molar-refractivity contribution in [3.63, 3.8) is 0 Å². The number of imide groups is 1. The molecule has 0 saturated heterocycles. The molecule has 3 rings (SSSR count). The highest BCUT2D eigenvalue weighted by Crippen LogP contribution is 2.28. The fourth-order valence-electron chi connectivity index (χ4n) is 3.21. The van der Waals surface area contributed by atoms with Crippen LogP contribution < -0.4 is 0 Å². The second-order valence-electron chi connectivity index (χ2n) is 6.75. The summed E-state index contributed by atoms with van der Waals surface area (Å²) in [5.74, 6) is -2.46. The van der Waals surface area contributed by atoms with E-state index < -0.39 is 30.4 Å². The minimum Gasteiger partial charge on any atom is -0.456 e. The Morgan fingerprint density at radius 3 is 2.00 bits per heavy atom. The second-order valence-corrected chi connectivity index (χ2v) is 6.75. The van der Waals surface area contributed by atoms with Crippen LogP contribution in [0, 0.1) is 5.92 Å². The first kappa shape index (κ1) is 19.5. The maximum absolute atomic E-state index is 12.8. The predicted octanol–water partition coefficient (Wildman–Crippen LogP) is 3.12. The number of fused-ring (bicyclic) bond motifs is 1. The summed E-state index contributed by atoms with van der Waals surface area (Å²) in [5.41, 5.74) is 0.971. The van der Waals surface area contributed by atoms with E-state index in [0.29, 0.717) is 12.0 Å². The fraction of sp³-hybridized carbons (Fsp3) is 0.273. The molecule has 0 spiro atoms. The monoisotopic (exact) mass is 379 g/mol. The number of rotatable bonds is 7. The van der Waals surface area contributed by atoms with E-state index in [9.17, 15) is 19.2 Å². The first-order valence-corrected chi connectivity index (χ1v) is 9.17. The van der Waals surface area contributed by atoms with E-state index >= 15 is 0 Å². The molecule has 0 bridgehead atoms. The zero-order valence-corrected chi connectivity index (χ0v) is 15.8. The highest BCUT2D eigenvalue weighted by atomic mass is 16.5. The quantitative estimate of drug-likeness (QED) is 0.419. The Labute approximate surface area is 163 Å². The summed E-state index contributed by atoms with van der Waals surface area (Å²) in [5, 5.41) is 0. The van der Waals surface area contributed by atoms with Gasteiger partial charge in [0.1, 0.15) is 6.04 Å². The third-order valence-corrected chi connectivity index (χ3v) is 4.97. The smallest absolute Gasteiger partial charge is 0.330 e. The lowest BCUT2D eigenvalue weighted by molar-refractivity contribution is -0.149. The number of esters is 1. The number of hydrogen-bond donors (Lipinski definition) is 0. The summed E-state index contributed by atoms with van der Waals surface area (Å²) in [6.45, 7) is 3.19. The zero-order chi connectivity index (χ0) is 20.3. The molecule has 6 nitrogen and oxygen atoms in total. The molecule has 1 aliphatic rings. The summed E-state index contributed by atoms with van der Waals surface area (Å²) in [7, 11) is 0. The van der Waals surface area contributed by atoms with Crippen molar-refractivity contribution in [1.29, 1.82) is 0 Å². The first-order valence-electron chi connectivity index (χ1n) is 9.17. The lowest BCUT2D eigenvalue weighted by Gasteiger charge is -2.28. The minimum absolute atomic E-state index is 0.272. The van der Waals surface area contributed by atoms with Crippen molar-refractivity contribution in [2.24, 2.45) is 5.92 Å². The fourth-order valence-corrected chi connectivity index (χ4v) is 3.21. The number of Topliss-reactive ketones (excluding diaryl/α,β-unsaturated/α-hetero) is 1. The van der Waals surface area contributed by atoms with Gasteiger partial charge in [0.05, 0.1) is 11.1 Å². The molecule has 1 heterocycles. The summed E-state index contributed by atoms with van der Waals surface area (Å²) >= 11 is 0. The average Bonchev–Trinajstić information content (AvgIpc) is 2.98. The van der Waals surface area contributed by atoms with Gasteiger partial charge in [-0.1, -0.05) is 62.7 Å². The van der Waals surface area contributed by atoms with Crippen LogP contribution in [0.3, 0.4) is 0 Å². The van der Waals surface area contributed by atoms with Gasteiger partial charge in [-0.2, -0.15) is 0 Å². The number of hydrogen-bond acceptors (Lipinski definition) is 5. The Hall–Kier alpha value is -3.28. The Bertz CT molecular complexity index is 887. The van der Waals surface area contributed by atoms with Crippen LogP contribution in [-0.2, 0) is 9.53 Å². The number of carbonyl (C=O) groups excluding carboxylic acids is 4. The molecule has 0 aromatic heterocycles. The van der Waals surface area contributed by atoms with Crippen molar-refractivity contribution in [1.82, 2.24) is 4.90 Å². The first-order chi connectivity index (χ1) is 13.5. The molecule has 6 heteroatoms. The van der Waals surface area contributed by atoms with Gasteiger partial charge in [0, 0.05) is 5.56 Å². The molecule has 2 aromatic carbocycles. The van der Waals surface area contributed by atoms with Crippen molar-refractivity contribution in [3.05, 3.63) is 71.3 Å². The molecule has 0 saturated carbocycles. The summed E-state index contributed by atoms with van der Waals surface area (Å²) in [6, 6.07) is 13.9. The van der Waals surface area contributed by atoms with Crippen molar-refractivity contribution in [2.75, 3.05) is 6.61 Å². The van der Waals surface area contributed by atoms with Crippen molar-refractivity contribution in [2.45, 2.75) is 26.3 Å². The maximum atomic E-state index is 12.8. The van der Waals surface area contributed by atoms with Gasteiger partial charge in [-0.25, -0.2) is 4.79 Å². The van der Waals surface area contributed by atoms with Crippen LogP contribution in [0.15, 0.2) is 54.6 Å². The van der Waals surface area contributed by atoms with E-state index in [1.807, 2.05) is 6.92 Å². The number of benzene rings is 2. The average molecular weight is 379 g/mol. The molecular weight excluding hydrogens is 358 g/mol. The number of amides is 2. The van der Waals surface area contributed by atoms with Gasteiger partial charge >= 0.3 is 5.97 Å². The molecule has 2 aromatic rings. The van der Waals surface area contributed by atoms with Gasteiger partial charge < -0.3 is 4.74 Å². The topological polar surface area (TPSA) is 80.8 Å². The van der Waals surface area contributed by atoms with E-state index in [-0.39, 0.29) is 22.8 Å². The molecule has 1 aliphatic heterocycles. The van der Waals surface area contributed by atoms with Crippen LogP contribution in [-0.4, -0.2) is 41.1 Å². The Balaban J connectivity index is 1.79. The molecule has 0 fully saturated rings. The van der Waals surface area contributed by atoms with Crippen LogP contribution in [0.25, 0.3) is 0 Å². The molecule has 2 atom stereocenters. The van der Waals surface area contributed by atoms with E-state index in [2.05, 4.69) is 0 Å². The molecule has 0 unspecified atom stereocenters. The minimum atomic E-state index is -1.08. The van der Waals surface area contributed by atoms with Crippen molar-refractivity contribution < 1.29 is 23.9 Å². The van der Waals surface area contributed by atoms with Gasteiger partial charge in [0.25, 0.3) is 11.8 Å². The Morgan fingerprint density at radius 2 is 1.46 bits per heavy atom. The molecule has 144 valence electrons. The summed E-state index contributed by atoms with van der Waals surface area (Å²) in [6.07, 6.45) is 0.555. The summed E-state index contributed by atoms with van der Waals surface area (Å²) in [4.78, 5) is 51.5. The van der Waals surface area contributed by atoms with Gasteiger partial charge in [-0.05, 0) is 18.1 Å². The van der Waals surface area contributed by atoms with Crippen molar-refractivity contribution >= 4 is 23.6 Å². The van der Waals surface area contributed by atoms with Crippen LogP contribution in [0.4, 0.5) is 0 Å². The molecule has 0 radical (unpaired) electrons. The second kappa shape index (κ2) is 8.17. The van der Waals surface area contributed by atoms with E-state index in [1.54, 1.807) is 61.5 Å². The van der Waals surface area contributed by atoms with Gasteiger partial charge in [0.15, 0.2) is 12.4 Å². The zero-order valence-electron chi connectivity index (χ0n) is 15.8. The normalized spacial score (nSPS) is 15.1. The molecule has 28 heavy (non-hydrogen) atoms. The SMILES string of the molecule is CC[C@H](C)[C@@H](C(=O)OCC(=O)c1ccccc1)N1C(=O)c2ccccc2C1=O. The number of ether oxygens (including phenoxy) is 1. The standard InChI is InChI=1S/C22H21NO5/c1-3-14(2)19(22(27)28-13-18(24)15-9-5-4-6-10-15)23-20(25)16-11-7-8-12-17(16)21(23)26/h4-12,14,19H,3,13H2,1-2H3/t14-,19-/m0/s1. The van der Waals surface area contributed by atoms with Gasteiger partial charge in [0.2, 0.25) is 0 Å². The largest absolute Gasteiger partial charge is 0.456 e. The maximum Gasteiger partial charge on any atom is 0.330 e. The van der Waals surface area contributed by atoms with Crippen molar-refractivity contribution in [3.8, 4) is 0 Å². The highest BCUT2D eigenvalue weighted by Gasteiger charge is 2.45. The lowest BCUT2D eigenvalue weighted by atomic mass is 9.97. The van der Waals surface area contributed by atoms with E-state index in [4.69, 9.17) is 4.74 Å². The molecule has 2 amide bonds. The third kappa shape index (κ3) is 3.58. The van der Waals surface area contributed by atoms with Crippen LogP contribution in [0.5, 0.6) is 0 Å². The number of carbonyl (C=O) groups is 4. The van der Waals surface area contributed by atoms with Crippen LogP contribution >= 0.6 is 0 Å². The predicted molar refractivity (Wildman–Crippen MR) is 102 cm³/mol. The van der Waals surface area contributed by atoms with Gasteiger partial charge in [-0.3, -0.25) is 19.3 Å². The number of nitrogens with zero attached hydrogens (tertiary/aromatic N) is 1. The Morgan fingerprint density at radius 1 is 0.929 bits per heavy atom.